The van der Waals surface area contributed by atoms with Crippen molar-refractivity contribution in [2.45, 2.75) is 45.7 Å². The Balaban J connectivity index is 2.22. The lowest BCUT2D eigenvalue weighted by atomic mass is 10.1. The van der Waals surface area contributed by atoms with Gasteiger partial charge in [-0.25, -0.2) is 8.42 Å². The van der Waals surface area contributed by atoms with Crippen LogP contribution >= 0.6 is 11.6 Å². The number of hydrogen-bond acceptors (Lipinski definition) is 5. The Kier molecular flexibility index (Phi) is 10.9. The number of halogens is 1. The average molecular weight is 524 g/mol. The lowest BCUT2D eigenvalue weighted by Gasteiger charge is -2.31. The number of rotatable bonds is 13. The van der Waals surface area contributed by atoms with Crippen LogP contribution in [0.2, 0.25) is 5.02 Å². The maximum atomic E-state index is 13.4. The summed E-state index contributed by atoms with van der Waals surface area (Å²) in [6.45, 7) is 4.41. The number of amides is 2. The first-order valence-corrected chi connectivity index (χ1v) is 13.8. The molecular weight excluding hydrogens is 490 g/mol. The van der Waals surface area contributed by atoms with Gasteiger partial charge in [0.15, 0.2) is 0 Å². The number of anilines is 1. The van der Waals surface area contributed by atoms with E-state index in [2.05, 4.69) is 5.32 Å². The summed E-state index contributed by atoms with van der Waals surface area (Å²) in [7, 11) is -2.08. The maximum absolute atomic E-state index is 13.4. The highest BCUT2D eigenvalue weighted by atomic mass is 35.5. The molecule has 0 unspecified atom stereocenters. The van der Waals surface area contributed by atoms with E-state index in [-0.39, 0.29) is 37.7 Å². The first kappa shape index (κ1) is 28.5. The largest absolute Gasteiger partial charge is 0.497 e. The van der Waals surface area contributed by atoms with Crippen LogP contribution in [0.25, 0.3) is 0 Å². The second kappa shape index (κ2) is 13.3. The summed E-state index contributed by atoms with van der Waals surface area (Å²) in [6.07, 6.45) is 1.89. The third-order valence-electron chi connectivity index (χ3n) is 5.53. The van der Waals surface area contributed by atoms with Crippen LogP contribution < -0.4 is 14.4 Å². The number of sulfonamides is 1. The number of methoxy groups -OCH3 is 1. The van der Waals surface area contributed by atoms with Crippen LogP contribution in [0.1, 0.15) is 38.7 Å². The molecule has 2 rings (SSSR count). The zero-order chi connectivity index (χ0) is 26.0. The first-order chi connectivity index (χ1) is 16.6. The van der Waals surface area contributed by atoms with E-state index < -0.39 is 16.1 Å². The van der Waals surface area contributed by atoms with E-state index in [4.69, 9.17) is 16.3 Å². The highest BCUT2D eigenvalue weighted by Gasteiger charge is 2.29. The minimum Gasteiger partial charge on any atom is -0.497 e. The number of ether oxygens (including phenoxy) is 1. The molecule has 1 atom stereocenters. The molecule has 0 saturated heterocycles. The van der Waals surface area contributed by atoms with Gasteiger partial charge >= 0.3 is 0 Å². The number of nitrogens with zero attached hydrogens (tertiary/aromatic N) is 2. The minimum atomic E-state index is -3.59. The summed E-state index contributed by atoms with van der Waals surface area (Å²) in [5.74, 6) is 0.0533. The highest BCUT2D eigenvalue weighted by Crippen LogP contribution is 2.24. The van der Waals surface area contributed by atoms with E-state index in [1.807, 2.05) is 26.0 Å². The Morgan fingerprint density at radius 1 is 1.11 bits per heavy atom. The molecule has 2 aromatic rings. The predicted molar refractivity (Wildman–Crippen MR) is 139 cm³/mol. The van der Waals surface area contributed by atoms with Gasteiger partial charge in [0.2, 0.25) is 21.8 Å². The van der Waals surface area contributed by atoms with E-state index in [0.717, 1.165) is 11.8 Å². The number of hydrogen-bond donors (Lipinski definition) is 1. The smallest absolute Gasteiger partial charge is 0.242 e. The number of carbonyl (C=O) groups excluding carboxylic acids is 2. The summed E-state index contributed by atoms with van der Waals surface area (Å²) in [4.78, 5) is 27.6. The van der Waals surface area contributed by atoms with Crippen molar-refractivity contribution in [2.24, 2.45) is 0 Å². The summed E-state index contributed by atoms with van der Waals surface area (Å²) in [5.41, 5.74) is 1.19. The molecule has 2 aromatic carbocycles. The molecule has 10 heteroatoms. The van der Waals surface area contributed by atoms with Gasteiger partial charge in [-0.05, 0) is 43.5 Å². The number of benzene rings is 2. The molecule has 0 heterocycles. The van der Waals surface area contributed by atoms with Crippen molar-refractivity contribution in [3.63, 3.8) is 0 Å². The molecule has 35 heavy (non-hydrogen) atoms. The quantitative estimate of drug-likeness (QED) is 0.430. The zero-order valence-electron chi connectivity index (χ0n) is 20.7. The van der Waals surface area contributed by atoms with Crippen LogP contribution in [0.15, 0.2) is 48.5 Å². The fourth-order valence-corrected chi connectivity index (χ4v) is 4.94. The molecule has 0 fully saturated rings. The van der Waals surface area contributed by atoms with E-state index in [9.17, 15) is 18.0 Å². The van der Waals surface area contributed by atoms with Crippen molar-refractivity contribution in [1.82, 2.24) is 10.2 Å². The van der Waals surface area contributed by atoms with Gasteiger partial charge in [0, 0.05) is 37.1 Å². The van der Waals surface area contributed by atoms with Crippen LogP contribution in [0, 0.1) is 0 Å². The molecule has 0 aliphatic heterocycles. The Hall–Kier alpha value is -2.78. The lowest BCUT2D eigenvalue weighted by Crippen LogP contribution is -2.49. The summed E-state index contributed by atoms with van der Waals surface area (Å²) < 4.78 is 31.4. The van der Waals surface area contributed by atoms with E-state index in [1.54, 1.807) is 36.4 Å². The fraction of sp³-hybridized carbons (Fsp3) is 0.440. The summed E-state index contributed by atoms with van der Waals surface area (Å²) >= 11 is 6.33. The van der Waals surface area contributed by atoms with Crippen molar-refractivity contribution >= 4 is 39.1 Å². The number of carbonyl (C=O) groups is 2. The van der Waals surface area contributed by atoms with Crippen LogP contribution in [0.5, 0.6) is 5.75 Å². The van der Waals surface area contributed by atoms with Gasteiger partial charge in [0.05, 0.1) is 19.1 Å². The standard InChI is InChI=1S/C25H34ClN3O5S/c1-5-23(25(31)27-6-2)28(18-19-11-7-8-14-22(19)26)24(30)15-10-16-29(35(4,32)33)20-12-9-13-21(17-20)34-3/h7-9,11-14,17,23H,5-6,10,15-16,18H2,1-4H3,(H,27,31)/t23-/m0/s1. The molecule has 8 nitrogen and oxygen atoms in total. The third kappa shape index (κ3) is 8.14. The van der Waals surface area contributed by atoms with Gasteiger partial charge in [0.1, 0.15) is 11.8 Å². The summed E-state index contributed by atoms with van der Waals surface area (Å²) in [5, 5.41) is 3.31. The van der Waals surface area contributed by atoms with Crippen molar-refractivity contribution in [2.75, 3.05) is 30.8 Å². The van der Waals surface area contributed by atoms with Gasteiger partial charge in [0.25, 0.3) is 0 Å². The lowest BCUT2D eigenvalue weighted by molar-refractivity contribution is -0.141. The van der Waals surface area contributed by atoms with Crippen LogP contribution in [0.3, 0.4) is 0 Å². The third-order valence-corrected chi connectivity index (χ3v) is 7.09. The van der Waals surface area contributed by atoms with Crippen molar-refractivity contribution in [3.8, 4) is 5.75 Å². The molecule has 0 bridgehead atoms. The first-order valence-electron chi connectivity index (χ1n) is 11.5. The second-order valence-electron chi connectivity index (χ2n) is 8.07. The monoisotopic (exact) mass is 523 g/mol. The van der Waals surface area contributed by atoms with Crippen molar-refractivity contribution < 1.29 is 22.7 Å². The van der Waals surface area contributed by atoms with Crippen LogP contribution in [0.4, 0.5) is 5.69 Å². The SMILES string of the molecule is CCNC(=O)[C@H](CC)N(Cc1ccccc1Cl)C(=O)CCCN(c1cccc(OC)c1)S(C)(=O)=O. The molecule has 0 spiro atoms. The Labute approximate surface area is 213 Å². The Morgan fingerprint density at radius 3 is 2.43 bits per heavy atom. The highest BCUT2D eigenvalue weighted by molar-refractivity contribution is 7.92. The zero-order valence-corrected chi connectivity index (χ0v) is 22.2. The predicted octanol–water partition coefficient (Wildman–Crippen LogP) is 3.84. The van der Waals surface area contributed by atoms with Gasteiger partial charge in [-0.1, -0.05) is 42.8 Å². The normalized spacial score (nSPS) is 12.0. The van der Waals surface area contributed by atoms with Crippen molar-refractivity contribution in [1.29, 1.82) is 0 Å². The molecule has 0 aromatic heterocycles. The number of nitrogens with one attached hydrogen (secondary N) is 1. The molecule has 192 valence electrons. The molecule has 0 aliphatic carbocycles. The fourth-order valence-electron chi connectivity index (χ4n) is 3.79. The molecule has 0 radical (unpaired) electrons. The molecular formula is C25H34ClN3O5S. The van der Waals surface area contributed by atoms with Gasteiger partial charge < -0.3 is 15.0 Å². The Morgan fingerprint density at radius 2 is 1.83 bits per heavy atom. The minimum absolute atomic E-state index is 0.0658. The maximum Gasteiger partial charge on any atom is 0.242 e. The summed E-state index contributed by atoms with van der Waals surface area (Å²) in [6, 6.07) is 13.3. The van der Waals surface area contributed by atoms with E-state index >= 15 is 0 Å². The van der Waals surface area contributed by atoms with Crippen LogP contribution in [-0.2, 0) is 26.2 Å². The van der Waals surface area contributed by atoms with Gasteiger partial charge in [-0.15, -0.1) is 0 Å². The van der Waals surface area contributed by atoms with Gasteiger partial charge in [-0.3, -0.25) is 13.9 Å². The van der Waals surface area contributed by atoms with Crippen LogP contribution in [-0.4, -0.2) is 57.6 Å². The van der Waals surface area contributed by atoms with Gasteiger partial charge in [-0.2, -0.15) is 0 Å². The topological polar surface area (TPSA) is 96.0 Å². The molecule has 0 saturated carbocycles. The van der Waals surface area contributed by atoms with Crippen molar-refractivity contribution in [3.05, 3.63) is 59.1 Å². The number of likely N-dealkylation sites (N-methyl/N-ethyl adjacent to an activating group) is 1. The Bertz CT molecular complexity index is 1110. The molecule has 0 aliphatic rings. The molecule has 1 N–H and O–H groups in total. The second-order valence-corrected chi connectivity index (χ2v) is 10.4. The van der Waals surface area contributed by atoms with E-state index in [0.29, 0.717) is 29.4 Å². The van der Waals surface area contributed by atoms with E-state index in [1.165, 1.54) is 16.3 Å². The average Bonchev–Trinajstić information content (AvgIpc) is 2.82. The molecule has 2 amide bonds.